The fourth-order valence-corrected chi connectivity index (χ4v) is 3.98. The highest BCUT2D eigenvalue weighted by molar-refractivity contribution is 7.93. The number of anilines is 2. The van der Waals surface area contributed by atoms with Crippen LogP contribution < -0.4 is 10.5 Å². The number of rotatable bonds is 3. The van der Waals surface area contributed by atoms with E-state index in [1.807, 2.05) is 6.07 Å². The van der Waals surface area contributed by atoms with Crippen molar-refractivity contribution in [3.63, 3.8) is 0 Å². The van der Waals surface area contributed by atoms with Gasteiger partial charge in [-0.25, -0.2) is 8.42 Å². The third kappa shape index (κ3) is 2.81. The molecule has 1 aromatic heterocycles. The molecule has 19 heavy (non-hydrogen) atoms. The van der Waals surface area contributed by atoms with Gasteiger partial charge in [-0.05, 0) is 29.6 Å². The zero-order chi connectivity index (χ0) is 14.0. The molecule has 0 atom stereocenters. The van der Waals surface area contributed by atoms with Gasteiger partial charge >= 0.3 is 0 Å². The number of hydrogen-bond donors (Lipinski definition) is 2. The maximum Gasteiger partial charge on any atom is 0.264 e. The van der Waals surface area contributed by atoms with Crippen LogP contribution in [-0.2, 0) is 10.0 Å². The van der Waals surface area contributed by atoms with Crippen molar-refractivity contribution >= 4 is 43.6 Å². The summed E-state index contributed by atoms with van der Waals surface area (Å²) in [6, 6.07) is 7.62. The predicted octanol–water partition coefficient (Wildman–Crippen LogP) is 2.66. The van der Waals surface area contributed by atoms with Gasteiger partial charge in [0.15, 0.2) is 0 Å². The minimum atomic E-state index is -3.87. The minimum Gasteiger partial charge on any atom is -0.399 e. The lowest BCUT2D eigenvalue weighted by molar-refractivity contribution is 0.601. The Bertz CT molecular complexity index is 762. The van der Waals surface area contributed by atoms with Crippen LogP contribution >= 0.6 is 22.9 Å². The summed E-state index contributed by atoms with van der Waals surface area (Å²) in [5, 5.41) is 10.8. The molecule has 0 amide bonds. The summed E-state index contributed by atoms with van der Waals surface area (Å²) in [6.45, 7) is 0. The van der Waals surface area contributed by atoms with E-state index in [9.17, 15) is 8.42 Å². The molecule has 1 heterocycles. The van der Waals surface area contributed by atoms with Gasteiger partial charge in [0.2, 0.25) is 0 Å². The Balaban J connectivity index is 2.44. The zero-order valence-electron chi connectivity index (χ0n) is 9.42. The summed E-state index contributed by atoms with van der Waals surface area (Å²) >= 11 is 6.98. The lowest BCUT2D eigenvalue weighted by atomic mass is 10.3. The van der Waals surface area contributed by atoms with Crippen molar-refractivity contribution < 1.29 is 8.42 Å². The van der Waals surface area contributed by atoms with Crippen molar-refractivity contribution in [2.45, 2.75) is 4.90 Å². The summed E-state index contributed by atoms with van der Waals surface area (Å²) in [4.78, 5) is -0.119. The number of nitrogen functional groups attached to an aromatic ring is 1. The van der Waals surface area contributed by atoms with E-state index in [0.29, 0.717) is 0 Å². The van der Waals surface area contributed by atoms with Gasteiger partial charge in [0.1, 0.15) is 16.0 Å². The molecule has 1 aromatic carbocycles. The second-order valence-corrected chi connectivity index (χ2v) is 6.54. The first-order valence-corrected chi connectivity index (χ1v) is 7.73. The number of hydrogen-bond acceptors (Lipinski definition) is 5. The first-order valence-electron chi connectivity index (χ1n) is 4.99. The minimum absolute atomic E-state index is 0.0664. The Morgan fingerprint density at radius 3 is 2.79 bits per heavy atom. The van der Waals surface area contributed by atoms with E-state index < -0.39 is 10.0 Å². The van der Waals surface area contributed by atoms with E-state index >= 15 is 0 Å². The average Bonchev–Trinajstić information content (AvgIpc) is 2.78. The molecule has 98 valence electrons. The molecular formula is C11H8ClN3O2S2. The molecule has 0 saturated carbocycles. The van der Waals surface area contributed by atoms with Crippen molar-refractivity contribution in [2.75, 3.05) is 10.5 Å². The molecule has 0 aliphatic heterocycles. The van der Waals surface area contributed by atoms with Crippen molar-refractivity contribution in [2.24, 2.45) is 0 Å². The lowest BCUT2D eigenvalue weighted by Crippen LogP contribution is -2.13. The second-order valence-electron chi connectivity index (χ2n) is 3.57. The number of sulfonamides is 1. The Kier molecular flexibility index (Phi) is 3.66. The van der Waals surface area contributed by atoms with Gasteiger partial charge in [0, 0.05) is 5.69 Å². The maximum atomic E-state index is 12.2. The van der Waals surface area contributed by atoms with Gasteiger partial charge in [-0.1, -0.05) is 11.6 Å². The van der Waals surface area contributed by atoms with Gasteiger partial charge in [-0.2, -0.15) is 5.26 Å². The van der Waals surface area contributed by atoms with Crippen molar-refractivity contribution in [3.05, 3.63) is 40.2 Å². The van der Waals surface area contributed by atoms with Crippen LogP contribution in [0.3, 0.4) is 0 Å². The summed E-state index contributed by atoms with van der Waals surface area (Å²) in [5.41, 5.74) is 6.10. The predicted molar refractivity (Wildman–Crippen MR) is 75.7 cm³/mol. The molecule has 0 spiro atoms. The van der Waals surface area contributed by atoms with Crippen LogP contribution in [-0.4, -0.2) is 8.42 Å². The van der Waals surface area contributed by atoms with Gasteiger partial charge in [0.25, 0.3) is 10.0 Å². The Hall–Kier alpha value is -1.75. The van der Waals surface area contributed by atoms with Crippen molar-refractivity contribution in [1.29, 1.82) is 5.26 Å². The monoisotopic (exact) mass is 313 g/mol. The van der Waals surface area contributed by atoms with Crippen LogP contribution in [0.2, 0.25) is 5.02 Å². The van der Waals surface area contributed by atoms with E-state index in [0.717, 1.165) is 11.3 Å². The maximum absolute atomic E-state index is 12.2. The van der Waals surface area contributed by atoms with E-state index in [1.54, 1.807) is 5.38 Å². The van der Waals surface area contributed by atoms with Crippen molar-refractivity contribution in [3.8, 4) is 6.07 Å². The highest BCUT2D eigenvalue weighted by atomic mass is 35.5. The number of nitriles is 1. The Morgan fingerprint density at radius 1 is 1.37 bits per heavy atom. The van der Waals surface area contributed by atoms with Crippen LogP contribution in [0.5, 0.6) is 0 Å². The fourth-order valence-electron chi connectivity index (χ4n) is 1.38. The summed E-state index contributed by atoms with van der Waals surface area (Å²) < 4.78 is 26.7. The topological polar surface area (TPSA) is 96.0 Å². The van der Waals surface area contributed by atoms with Crippen LogP contribution in [0.15, 0.2) is 34.5 Å². The summed E-state index contributed by atoms with van der Waals surface area (Å²) in [7, 11) is -3.87. The first-order chi connectivity index (χ1) is 8.94. The van der Waals surface area contributed by atoms with E-state index in [1.165, 1.54) is 24.3 Å². The molecule has 3 N–H and O–H groups in total. The molecule has 0 fully saturated rings. The van der Waals surface area contributed by atoms with Gasteiger partial charge in [0.05, 0.1) is 10.6 Å². The molecular weight excluding hydrogens is 306 g/mol. The molecule has 0 bridgehead atoms. The number of benzene rings is 1. The standard InChI is InChI=1S/C11H8ClN3O2S2/c12-9-2-1-8(14)5-10(9)19(16,17)15-11-7(6-13)3-4-18-11/h1-5,15H,14H2. The van der Waals surface area contributed by atoms with E-state index in [2.05, 4.69) is 4.72 Å². The van der Waals surface area contributed by atoms with E-state index in [-0.39, 0.29) is 26.2 Å². The normalized spacial score (nSPS) is 10.9. The number of nitrogens with zero attached hydrogens (tertiary/aromatic N) is 1. The van der Waals surface area contributed by atoms with Gasteiger partial charge < -0.3 is 5.73 Å². The third-order valence-electron chi connectivity index (χ3n) is 2.26. The first kappa shape index (κ1) is 13.7. The highest BCUT2D eigenvalue weighted by Crippen LogP contribution is 2.29. The van der Waals surface area contributed by atoms with Crippen LogP contribution in [0.1, 0.15) is 5.56 Å². The third-order valence-corrected chi connectivity index (χ3v) is 5.05. The Labute approximate surface area is 119 Å². The van der Waals surface area contributed by atoms with Gasteiger partial charge in [-0.15, -0.1) is 11.3 Å². The summed E-state index contributed by atoms with van der Waals surface area (Å²) in [5.74, 6) is 0. The Morgan fingerprint density at radius 2 is 2.11 bits per heavy atom. The second kappa shape index (κ2) is 5.09. The highest BCUT2D eigenvalue weighted by Gasteiger charge is 2.20. The largest absolute Gasteiger partial charge is 0.399 e. The van der Waals surface area contributed by atoms with Gasteiger partial charge in [-0.3, -0.25) is 4.72 Å². The number of nitrogens with one attached hydrogen (secondary N) is 1. The van der Waals surface area contributed by atoms with Crippen molar-refractivity contribution in [1.82, 2.24) is 0 Å². The number of nitrogens with two attached hydrogens (primary N) is 1. The number of thiophene rings is 1. The van der Waals surface area contributed by atoms with Crippen LogP contribution in [0.25, 0.3) is 0 Å². The van der Waals surface area contributed by atoms with Crippen LogP contribution in [0, 0.1) is 11.3 Å². The molecule has 0 aliphatic carbocycles. The SMILES string of the molecule is N#Cc1ccsc1NS(=O)(=O)c1cc(N)ccc1Cl. The smallest absolute Gasteiger partial charge is 0.264 e. The molecule has 0 saturated heterocycles. The molecule has 2 rings (SSSR count). The van der Waals surface area contributed by atoms with Crippen LogP contribution in [0.4, 0.5) is 10.7 Å². The number of halogens is 1. The molecule has 0 aliphatic rings. The fraction of sp³-hybridized carbons (Fsp3) is 0. The summed E-state index contributed by atoms with van der Waals surface area (Å²) in [6.07, 6.45) is 0. The molecule has 5 nitrogen and oxygen atoms in total. The van der Waals surface area contributed by atoms with E-state index in [4.69, 9.17) is 22.6 Å². The molecule has 0 radical (unpaired) electrons. The average molecular weight is 314 g/mol. The molecule has 2 aromatic rings. The molecule has 0 unspecified atom stereocenters. The lowest BCUT2D eigenvalue weighted by Gasteiger charge is -2.08. The zero-order valence-corrected chi connectivity index (χ0v) is 11.8. The molecule has 8 heteroatoms. The quantitative estimate of drug-likeness (QED) is 0.851.